The second-order valence-corrected chi connectivity index (χ2v) is 8.08. The number of hydrogen-bond donors (Lipinski definition) is 2. The van der Waals surface area contributed by atoms with Crippen LogP contribution >= 0.6 is 12.4 Å². The first kappa shape index (κ1) is 22.0. The second-order valence-electron chi connectivity index (χ2n) is 6.14. The fourth-order valence-corrected chi connectivity index (χ4v) is 4.40. The average Bonchev–Trinajstić information content (AvgIpc) is 2.98. The molecule has 0 atom stereocenters. The fraction of sp³-hybridized carbons (Fsp3) is 0.688. The van der Waals surface area contributed by atoms with E-state index < -0.39 is 10.0 Å². The molecule has 2 heterocycles. The Morgan fingerprint density at radius 3 is 2.48 bits per heavy atom. The largest absolute Gasteiger partial charge is 0.349 e. The third kappa shape index (κ3) is 5.70. The Balaban J connectivity index is 0.00000312. The molecule has 1 aromatic rings. The number of nitrogens with one attached hydrogen (secondary N) is 2. The molecule has 0 unspecified atom stereocenters. The third-order valence-corrected chi connectivity index (χ3v) is 6.04. The van der Waals surface area contributed by atoms with Gasteiger partial charge in [0.05, 0.1) is 0 Å². The Hall–Kier alpha value is -1.09. The molecule has 0 bridgehead atoms. The SMILES string of the molecule is CCCNCCNC(=O)c1cc(S(=O)(=O)N2CCCCC2)cn1C.Cl. The number of halogens is 1. The van der Waals surface area contributed by atoms with Crippen LogP contribution in [0.4, 0.5) is 0 Å². The number of carbonyl (C=O) groups is 1. The highest BCUT2D eigenvalue weighted by Crippen LogP contribution is 2.22. The molecule has 0 spiro atoms. The van der Waals surface area contributed by atoms with E-state index in [4.69, 9.17) is 0 Å². The Kier molecular flexibility index (Phi) is 8.92. The summed E-state index contributed by atoms with van der Waals surface area (Å²) in [4.78, 5) is 12.4. The first-order chi connectivity index (χ1) is 11.5. The summed E-state index contributed by atoms with van der Waals surface area (Å²) in [5, 5.41) is 6.02. The summed E-state index contributed by atoms with van der Waals surface area (Å²) in [5.74, 6) is -0.254. The number of rotatable bonds is 8. The lowest BCUT2D eigenvalue weighted by atomic mass is 10.2. The van der Waals surface area contributed by atoms with Crippen LogP contribution in [0.2, 0.25) is 0 Å². The zero-order chi connectivity index (χ0) is 17.6. The molecule has 25 heavy (non-hydrogen) atoms. The second kappa shape index (κ2) is 10.2. The zero-order valence-electron chi connectivity index (χ0n) is 15.0. The predicted octanol–water partition coefficient (Wildman–Crippen LogP) is 1.35. The van der Waals surface area contributed by atoms with Crippen LogP contribution in [0, 0.1) is 0 Å². The van der Waals surface area contributed by atoms with Gasteiger partial charge in [0.25, 0.3) is 5.91 Å². The minimum Gasteiger partial charge on any atom is -0.349 e. The highest BCUT2D eigenvalue weighted by atomic mass is 35.5. The van der Waals surface area contributed by atoms with Crippen LogP contribution < -0.4 is 10.6 Å². The van der Waals surface area contributed by atoms with Gasteiger partial charge in [0.2, 0.25) is 10.0 Å². The van der Waals surface area contributed by atoms with Gasteiger partial charge in [-0.15, -0.1) is 12.4 Å². The molecule has 1 aromatic heterocycles. The van der Waals surface area contributed by atoms with Crippen molar-refractivity contribution in [2.24, 2.45) is 7.05 Å². The minimum atomic E-state index is -3.51. The monoisotopic (exact) mass is 392 g/mol. The van der Waals surface area contributed by atoms with E-state index in [1.54, 1.807) is 11.6 Å². The van der Waals surface area contributed by atoms with Crippen molar-refractivity contribution in [3.63, 3.8) is 0 Å². The molecule has 1 aliphatic heterocycles. The molecule has 0 aromatic carbocycles. The van der Waals surface area contributed by atoms with Crippen LogP contribution in [0.3, 0.4) is 0 Å². The van der Waals surface area contributed by atoms with Gasteiger partial charge in [-0.2, -0.15) is 4.31 Å². The minimum absolute atomic E-state index is 0. The average molecular weight is 393 g/mol. The van der Waals surface area contributed by atoms with Crippen molar-refractivity contribution < 1.29 is 13.2 Å². The van der Waals surface area contributed by atoms with E-state index in [0.717, 1.165) is 32.2 Å². The van der Waals surface area contributed by atoms with Crippen molar-refractivity contribution in [2.75, 3.05) is 32.7 Å². The lowest BCUT2D eigenvalue weighted by molar-refractivity contribution is 0.0946. The fourth-order valence-electron chi connectivity index (χ4n) is 2.81. The van der Waals surface area contributed by atoms with Crippen molar-refractivity contribution in [2.45, 2.75) is 37.5 Å². The first-order valence-electron chi connectivity index (χ1n) is 8.62. The molecule has 2 N–H and O–H groups in total. The predicted molar refractivity (Wildman–Crippen MR) is 101 cm³/mol. The molecule has 144 valence electrons. The number of amides is 1. The van der Waals surface area contributed by atoms with Crippen LogP contribution in [0.15, 0.2) is 17.2 Å². The molecule has 0 aliphatic carbocycles. The van der Waals surface area contributed by atoms with Crippen LogP contribution in [0.1, 0.15) is 43.1 Å². The summed E-state index contributed by atoms with van der Waals surface area (Å²) in [6.45, 7) is 5.32. The smallest absolute Gasteiger partial charge is 0.267 e. The van der Waals surface area contributed by atoms with Crippen LogP contribution in [-0.4, -0.2) is 55.9 Å². The van der Waals surface area contributed by atoms with E-state index in [1.807, 2.05) is 0 Å². The summed E-state index contributed by atoms with van der Waals surface area (Å²) in [7, 11) is -1.82. The standard InChI is InChI=1S/C16H28N4O3S.ClH/c1-3-7-17-8-9-18-16(21)15-12-14(13-19(15)2)24(22,23)20-10-5-4-6-11-20;/h12-13,17H,3-11H2,1-2H3,(H,18,21);1H. The lowest BCUT2D eigenvalue weighted by Crippen LogP contribution is -2.35. The summed E-state index contributed by atoms with van der Waals surface area (Å²) >= 11 is 0. The Morgan fingerprint density at radius 2 is 1.84 bits per heavy atom. The van der Waals surface area contributed by atoms with Crippen LogP contribution in [0.5, 0.6) is 0 Å². The number of aromatic nitrogens is 1. The van der Waals surface area contributed by atoms with Gasteiger partial charge >= 0.3 is 0 Å². The maximum Gasteiger partial charge on any atom is 0.267 e. The number of piperidine rings is 1. The lowest BCUT2D eigenvalue weighted by Gasteiger charge is -2.25. The van der Waals surface area contributed by atoms with E-state index >= 15 is 0 Å². The summed E-state index contributed by atoms with van der Waals surface area (Å²) in [6.07, 6.45) is 5.42. The number of hydrogen-bond acceptors (Lipinski definition) is 4. The van der Waals surface area contributed by atoms with Crippen molar-refractivity contribution in [3.8, 4) is 0 Å². The zero-order valence-corrected chi connectivity index (χ0v) is 16.6. The first-order valence-corrected chi connectivity index (χ1v) is 10.1. The molecular formula is C16H29ClN4O3S. The number of aryl methyl sites for hydroxylation is 1. The molecule has 0 radical (unpaired) electrons. The highest BCUT2D eigenvalue weighted by molar-refractivity contribution is 7.89. The van der Waals surface area contributed by atoms with E-state index in [9.17, 15) is 13.2 Å². The molecule has 1 fully saturated rings. The van der Waals surface area contributed by atoms with Gasteiger partial charge in [0.15, 0.2) is 0 Å². The summed E-state index contributed by atoms with van der Waals surface area (Å²) < 4.78 is 28.4. The van der Waals surface area contributed by atoms with Gasteiger partial charge in [-0.05, 0) is 31.9 Å². The van der Waals surface area contributed by atoms with E-state index in [1.165, 1.54) is 16.6 Å². The van der Waals surface area contributed by atoms with Gasteiger partial charge in [-0.25, -0.2) is 8.42 Å². The summed E-state index contributed by atoms with van der Waals surface area (Å²) in [5.41, 5.74) is 0.362. The van der Waals surface area contributed by atoms with E-state index in [2.05, 4.69) is 17.6 Å². The van der Waals surface area contributed by atoms with Gasteiger partial charge in [-0.3, -0.25) is 4.79 Å². The van der Waals surface area contributed by atoms with Crippen molar-refractivity contribution in [3.05, 3.63) is 18.0 Å². The molecule has 1 aliphatic rings. The number of nitrogens with zero attached hydrogens (tertiary/aromatic N) is 2. The van der Waals surface area contributed by atoms with Gasteiger partial charge in [0, 0.05) is 39.4 Å². The van der Waals surface area contributed by atoms with E-state index in [0.29, 0.717) is 31.9 Å². The molecule has 2 rings (SSSR count). The normalized spacial score (nSPS) is 15.6. The van der Waals surface area contributed by atoms with Crippen molar-refractivity contribution in [1.82, 2.24) is 19.5 Å². The third-order valence-electron chi connectivity index (χ3n) is 4.18. The van der Waals surface area contributed by atoms with Gasteiger partial charge < -0.3 is 15.2 Å². The van der Waals surface area contributed by atoms with Gasteiger partial charge in [0.1, 0.15) is 10.6 Å². The number of carbonyl (C=O) groups excluding carboxylic acids is 1. The molecular weight excluding hydrogens is 364 g/mol. The van der Waals surface area contributed by atoms with Crippen LogP contribution in [-0.2, 0) is 17.1 Å². The maximum absolute atomic E-state index is 12.7. The molecule has 9 heteroatoms. The molecule has 1 saturated heterocycles. The van der Waals surface area contributed by atoms with Crippen LogP contribution in [0.25, 0.3) is 0 Å². The topological polar surface area (TPSA) is 83.4 Å². The summed E-state index contributed by atoms with van der Waals surface area (Å²) in [6, 6.07) is 1.47. The van der Waals surface area contributed by atoms with Gasteiger partial charge in [-0.1, -0.05) is 13.3 Å². The Morgan fingerprint density at radius 1 is 1.16 bits per heavy atom. The highest BCUT2D eigenvalue weighted by Gasteiger charge is 2.28. The molecule has 0 saturated carbocycles. The molecule has 1 amide bonds. The number of sulfonamides is 1. The molecule has 7 nitrogen and oxygen atoms in total. The Labute approximate surface area is 156 Å². The maximum atomic E-state index is 12.7. The quantitative estimate of drug-likeness (QED) is 0.654. The van der Waals surface area contributed by atoms with E-state index in [-0.39, 0.29) is 23.2 Å². The van der Waals surface area contributed by atoms with Crippen molar-refractivity contribution in [1.29, 1.82) is 0 Å². The van der Waals surface area contributed by atoms with Crippen molar-refractivity contribution >= 4 is 28.3 Å². The Bertz CT molecular complexity index is 654.